The van der Waals surface area contributed by atoms with Crippen LogP contribution in [0.2, 0.25) is 5.02 Å². The van der Waals surface area contributed by atoms with E-state index in [9.17, 15) is 17.6 Å². The minimum Gasteiger partial charge on any atom is -0.324 e. The van der Waals surface area contributed by atoms with Gasteiger partial charge >= 0.3 is 6.18 Å². The maximum atomic E-state index is 12.9. The van der Waals surface area contributed by atoms with Gasteiger partial charge in [-0.2, -0.15) is 13.2 Å². The molecule has 0 aliphatic carbocycles. The van der Waals surface area contributed by atoms with Crippen LogP contribution in [0, 0.1) is 5.82 Å². The second-order valence-electron chi connectivity index (χ2n) is 3.07. The first kappa shape index (κ1) is 15.5. The Morgan fingerprint density at radius 3 is 2.38 bits per heavy atom. The summed E-state index contributed by atoms with van der Waals surface area (Å²) in [5.41, 5.74) is 5.25. The van der Waals surface area contributed by atoms with Crippen molar-refractivity contribution >= 4 is 24.0 Å². The van der Waals surface area contributed by atoms with Crippen molar-refractivity contribution in [3.63, 3.8) is 0 Å². The van der Waals surface area contributed by atoms with Crippen LogP contribution in [-0.2, 0) is 0 Å². The van der Waals surface area contributed by atoms with E-state index in [1.165, 1.54) is 12.1 Å². The molecule has 0 unspecified atom stereocenters. The molecule has 0 heterocycles. The lowest BCUT2D eigenvalue weighted by Crippen LogP contribution is -2.20. The summed E-state index contributed by atoms with van der Waals surface area (Å²) in [5, 5.41) is -0.353. The second-order valence-corrected chi connectivity index (χ2v) is 3.45. The average Bonchev–Trinajstić information content (AvgIpc) is 2.06. The molecule has 1 nitrogen and oxygen atoms in total. The second kappa shape index (κ2) is 5.70. The first-order valence-electron chi connectivity index (χ1n) is 4.07. The molecule has 0 fully saturated rings. The molecule has 0 aliphatic heterocycles. The molecule has 0 aromatic heterocycles. The summed E-state index contributed by atoms with van der Waals surface area (Å²) >= 11 is 5.49. The number of alkyl halides is 3. The smallest absolute Gasteiger partial charge is 0.324 e. The van der Waals surface area contributed by atoms with Gasteiger partial charge < -0.3 is 5.73 Å². The number of rotatable bonds is 2. The van der Waals surface area contributed by atoms with Gasteiger partial charge in [-0.15, -0.1) is 12.4 Å². The lowest BCUT2D eigenvalue weighted by atomic mass is 10.0. The lowest BCUT2D eigenvalue weighted by Gasteiger charge is -2.15. The fourth-order valence-electron chi connectivity index (χ4n) is 1.17. The highest BCUT2D eigenvalue weighted by molar-refractivity contribution is 6.31. The quantitative estimate of drug-likeness (QED) is 0.817. The lowest BCUT2D eigenvalue weighted by molar-refractivity contribution is -0.138. The van der Waals surface area contributed by atoms with E-state index in [2.05, 4.69) is 0 Å². The van der Waals surface area contributed by atoms with E-state index < -0.39 is 24.5 Å². The normalized spacial score (nSPS) is 13.1. The van der Waals surface area contributed by atoms with Crippen LogP contribution in [0.1, 0.15) is 18.0 Å². The third kappa shape index (κ3) is 4.15. The first-order chi connectivity index (χ1) is 6.81. The molecule has 2 N–H and O–H groups in total. The van der Waals surface area contributed by atoms with E-state index in [0.29, 0.717) is 0 Å². The molecule has 1 atom stereocenters. The van der Waals surface area contributed by atoms with Gasteiger partial charge in [0, 0.05) is 6.04 Å². The predicted molar refractivity (Wildman–Crippen MR) is 56.3 cm³/mol. The summed E-state index contributed by atoms with van der Waals surface area (Å²) in [6.07, 6.45) is -5.62. The first-order valence-corrected chi connectivity index (χ1v) is 4.45. The zero-order valence-corrected chi connectivity index (χ0v) is 9.46. The van der Waals surface area contributed by atoms with E-state index in [1.54, 1.807) is 0 Å². The van der Waals surface area contributed by atoms with Crippen LogP contribution in [0.15, 0.2) is 18.2 Å². The van der Waals surface area contributed by atoms with Crippen molar-refractivity contribution in [1.82, 2.24) is 0 Å². The van der Waals surface area contributed by atoms with Crippen molar-refractivity contribution in [3.8, 4) is 0 Å². The van der Waals surface area contributed by atoms with Crippen LogP contribution in [-0.4, -0.2) is 6.18 Å². The number of hydrogen-bond donors (Lipinski definition) is 1. The summed E-state index contributed by atoms with van der Waals surface area (Å²) in [5.74, 6) is -0.771. The predicted octanol–water partition coefficient (Wildman–Crippen LogP) is 3.85. The average molecular weight is 278 g/mol. The van der Waals surface area contributed by atoms with Gasteiger partial charge in [-0.05, 0) is 11.6 Å². The molecular formula is C9H9Cl2F4N. The molecule has 0 aliphatic rings. The Hall–Kier alpha value is -0.520. The van der Waals surface area contributed by atoms with Crippen molar-refractivity contribution in [2.24, 2.45) is 5.73 Å². The van der Waals surface area contributed by atoms with E-state index >= 15 is 0 Å². The molecule has 0 saturated heterocycles. The largest absolute Gasteiger partial charge is 0.390 e. The van der Waals surface area contributed by atoms with Crippen molar-refractivity contribution in [1.29, 1.82) is 0 Å². The molecule has 0 bridgehead atoms. The highest BCUT2D eigenvalue weighted by atomic mass is 35.5. The zero-order valence-electron chi connectivity index (χ0n) is 7.89. The Balaban J connectivity index is 0.00000225. The Labute approximate surface area is 101 Å². The highest BCUT2D eigenvalue weighted by Gasteiger charge is 2.31. The fourth-order valence-corrected chi connectivity index (χ4v) is 1.43. The SMILES string of the molecule is Cl.N[C@H](CC(F)(F)F)c1cccc(F)c1Cl. The maximum Gasteiger partial charge on any atom is 0.390 e. The molecule has 7 heteroatoms. The number of halogens is 6. The standard InChI is InChI=1S/C9H8ClF4N.ClH/c10-8-5(2-1-3-6(8)11)7(15)4-9(12,13)14;/h1-3,7H,4,15H2;1H/t7-;/m1./s1. The van der Waals surface area contributed by atoms with Gasteiger partial charge in [0.1, 0.15) is 5.82 Å². The summed E-state index contributed by atoms with van der Waals surface area (Å²) in [7, 11) is 0. The molecule has 1 rings (SSSR count). The number of hydrogen-bond acceptors (Lipinski definition) is 1. The minimum absolute atomic E-state index is 0. The Morgan fingerprint density at radius 2 is 1.88 bits per heavy atom. The van der Waals surface area contributed by atoms with Gasteiger partial charge in [-0.1, -0.05) is 23.7 Å². The number of benzene rings is 1. The van der Waals surface area contributed by atoms with Gasteiger partial charge in [-0.25, -0.2) is 4.39 Å². The molecule has 0 amide bonds. The van der Waals surface area contributed by atoms with Crippen LogP contribution in [0.4, 0.5) is 17.6 Å². The van der Waals surface area contributed by atoms with E-state index in [1.807, 2.05) is 0 Å². The highest BCUT2D eigenvalue weighted by Crippen LogP contribution is 2.32. The van der Waals surface area contributed by atoms with Crippen LogP contribution in [0.5, 0.6) is 0 Å². The van der Waals surface area contributed by atoms with Gasteiger partial charge in [0.2, 0.25) is 0 Å². The third-order valence-electron chi connectivity index (χ3n) is 1.83. The van der Waals surface area contributed by atoms with Gasteiger partial charge in [0.05, 0.1) is 11.4 Å². The molecule has 1 aromatic rings. The fraction of sp³-hybridized carbons (Fsp3) is 0.333. The Bertz CT molecular complexity index is 354. The van der Waals surface area contributed by atoms with E-state index in [-0.39, 0.29) is 23.0 Å². The van der Waals surface area contributed by atoms with Crippen molar-refractivity contribution in [2.45, 2.75) is 18.6 Å². The van der Waals surface area contributed by atoms with Crippen LogP contribution >= 0.6 is 24.0 Å². The van der Waals surface area contributed by atoms with Crippen LogP contribution in [0.25, 0.3) is 0 Å². The summed E-state index contributed by atoms with van der Waals surface area (Å²) < 4.78 is 48.9. The van der Waals surface area contributed by atoms with Crippen molar-refractivity contribution in [2.75, 3.05) is 0 Å². The van der Waals surface area contributed by atoms with Crippen molar-refractivity contribution in [3.05, 3.63) is 34.6 Å². The van der Waals surface area contributed by atoms with Crippen LogP contribution < -0.4 is 5.73 Å². The number of nitrogens with two attached hydrogens (primary N) is 1. The van der Waals surface area contributed by atoms with Gasteiger partial charge in [0.15, 0.2) is 0 Å². The topological polar surface area (TPSA) is 26.0 Å². The molecule has 0 radical (unpaired) electrons. The molecule has 92 valence electrons. The summed E-state index contributed by atoms with van der Waals surface area (Å²) in [6.45, 7) is 0. The Kier molecular flexibility index (Phi) is 5.52. The zero-order chi connectivity index (χ0) is 11.6. The molecule has 0 spiro atoms. The van der Waals surface area contributed by atoms with Crippen LogP contribution in [0.3, 0.4) is 0 Å². The van der Waals surface area contributed by atoms with E-state index in [0.717, 1.165) is 6.07 Å². The summed E-state index contributed by atoms with van der Waals surface area (Å²) in [6, 6.07) is 2.27. The van der Waals surface area contributed by atoms with Gasteiger partial charge in [0.25, 0.3) is 0 Å². The maximum absolute atomic E-state index is 12.9. The van der Waals surface area contributed by atoms with Crippen molar-refractivity contribution < 1.29 is 17.6 Å². The monoisotopic (exact) mass is 277 g/mol. The Morgan fingerprint density at radius 1 is 1.31 bits per heavy atom. The minimum atomic E-state index is -4.39. The molecule has 16 heavy (non-hydrogen) atoms. The molecular weight excluding hydrogens is 269 g/mol. The molecule has 1 aromatic carbocycles. The third-order valence-corrected chi connectivity index (χ3v) is 2.23. The summed E-state index contributed by atoms with van der Waals surface area (Å²) in [4.78, 5) is 0. The molecule has 0 saturated carbocycles. The van der Waals surface area contributed by atoms with Gasteiger partial charge in [-0.3, -0.25) is 0 Å². The van der Waals surface area contributed by atoms with E-state index in [4.69, 9.17) is 17.3 Å².